The van der Waals surface area contributed by atoms with Gasteiger partial charge in [-0.05, 0) is 57.0 Å². The first kappa shape index (κ1) is 11.5. The van der Waals surface area contributed by atoms with Gasteiger partial charge in [0.15, 0.2) is 0 Å². The van der Waals surface area contributed by atoms with Gasteiger partial charge in [-0.25, -0.2) is 0 Å². The SMILES string of the molecule is Cc1cccc(NCC2CCCN(C)C2)c1. The molecule has 0 amide bonds. The van der Waals surface area contributed by atoms with Crippen molar-refractivity contribution in [2.75, 3.05) is 32.0 Å². The number of hydrogen-bond acceptors (Lipinski definition) is 2. The number of anilines is 1. The Labute approximate surface area is 98.7 Å². The van der Waals surface area contributed by atoms with Gasteiger partial charge < -0.3 is 10.2 Å². The van der Waals surface area contributed by atoms with Gasteiger partial charge in [-0.3, -0.25) is 0 Å². The summed E-state index contributed by atoms with van der Waals surface area (Å²) in [6.45, 7) is 5.74. The van der Waals surface area contributed by atoms with Crippen LogP contribution in [-0.4, -0.2) is 31.6 Å². The second-order valence-electron chi connectivity index (χ2n) is 5.02. The maximum absolute atomic E-state index is 3.55. The number of piperidine rings is 1. The molecule has 0 radical (unpaired) electrons. The number of hydrogen-bond donors (Lipinski definition) is 1. The Balaban J connectivity index is 1.82. The highest BCUT2D eigenvalue weighted by Gasteiger charge is 2.16. The van der Waals surface area contributed by atoms with Crippen molar-refractivity contribution in [2.24, 2.45) is 5.92 Å². The summed E-state index contributed by atoms with van der Waals surface area (Å²) < 4.78 is 0. The van der Waals surface area contributed by atoms with Gasteiger partial charge in [0.1, 0.15) is 0 Å². The van der Waals surface area contributed by atoms with E-state index in [-0.39, 0.29) is 0 Å². The van der Waals surface area contributed by atoms with E-state index in [0.29, 0.717) is 0 Å². The molecule has 16 heavy (non-hydrogen) atoms. The minimum Gasteiger partial charge on any atom is -0.385 e. The quantitative estimate of drug-likeness (QED) is 0.839. The van der Waals surface area contributed by atoms with Gasteiger partial charge in [0.05, 0.1) is 0 Å². The summed E-state index contributed by atoms with van der Waals surface area (Å²) in [4.78, 5) is 2.44. The lowest BCUT2D eigenvalue weighted by atomic mass is 9.98. The first-order valence-electron chi connectivity index (χ1n) is 6.23. The molecule has 2 rings (SSSR count). The van der Waals surface area contributed by atoms with E-state index in [1.54, 1.807) is 0 Å². The maximum Gasteiger partial charge on any atom is 0.0342 e. The number of nitrogens with zero attached hydrogens (tertiary/aromatic N) is 1. The van der Waals surface area contributed by atoms with Gasteiger partial charge in [0.25, 0.3) is 0 Å². The van der Waals surface area contributed by atoms with Crippen molar-refractivity contribution >= 4 is 5.69 Å². The molecule has 2 nitrogen and oxygen atoms in total. The van der Waals surface area contributed by atoms with E-state index in [0.717, 1.165) is 12.5 Å². The van der Waals surface area contributed by atoms with Crippen molar-refractivity contribution < 1.29 is 0 Å². The zero-order chi connectivity index (χ0) is 11.4. The number of rotatable bonds is 3. The lowest BCUT2D eigenvalue weighted by Gasteiger charge is -2.30. The molecule has 1 saturated heterocycles. The van der Waals surface area contributed by atoms with Crippen LogP contribution in [0.1, 0.15) is 18.4 Å². The van der Waals surface area contributed by atoms with Crippen molar-refractivity contribution in [3.63, 3.8) is 0 Å². The Morgan fingerprint density at radius 1 is 1.44 bits per heavy atom. The summed E-state index contributed by atoms with van der Waals surface area (Å²) in [7, 11) is 2.22. The summed E-state index contributed by atoms with van der Waals surface area (Å²) >= 11 is 0. The summed E-state index contributed by atoms with van der Waals surface area (Å²) in [6.07, 6.45) is 2.71. The van der Waals surface area contributed by atoms with Crippen LogP contribution in [0.25, 0.3) is 0 Å². The molecule has 1 fully saturated rings. The monoisotopic (exact) mass is 218 g/mol. The van der Waals surface area contributed by atoms with E-state index >= 15 is 0 Å². The van der Waals surface area contributed by atoms with Crippen LogP contribution in [0, 0.1) is 12.8 Å². The average Bonchev–Trinajstić information content (AvgIpc) is 2.27. The molecule has 1 aliphatic rings. The molecule has 0 aromatic heterocycles. The van der Waals surface area contributed by atoms with Gasteiger partial charge in [-0.15, -0.1) is 0 Å². The molecule has 1 aromatic carbocycles. The molecule has 1 heterocycles. The van der Waals surface area contributed by atoms with E-state index in [1.807, 2.05) is 0 Å². The van der Waals surface area contributed by atoms with Crippen molar-refractivity contribution in [3.05, 3.63) is 29.8 Å². The zero-order valence-corrected chi connectivity index (χ0v) is 10.4. The minimum atomic E-state index is 0.805. The molecule has 1 unspecified atom stereocenters. The highest BCUT2D eigenvalue weighted by molar-refractivity contribution is 5.45. The summed E-state index contributed by atoms with van der Waals surface area (Å²) in [5, 5.41) is 3.55. The van der Waals surface area contributed by atoms with Crippen molar-refractivity contribution in [1.82, 2.24) is 4.90 Å². The third-order valence-corrected chi connectivity index (χ3v) is 3.34. The molecule has 0 spiro atoms. The molecule has 1 atom stereocenters. The van der Waals surface area contributed by atoms with Crippen LogP contribution < -0.4 is 5.32 Å². The first-order valence-corrected chi connectivity index (χ1v) is 6.23. The lowest BCUT2D eigenvalue weighted by molar-refractivity contribution is 0.217. The smallest absolute Gasteiger partial charge is 0.0342 e. The van der Waals surface area contributed by atoms with Gasteiger partial charge >= 0.3 is 0 Å². The highest BCUT2D eigenvalue weighted by atomic mass is 15.1. The number of benzene rings is 1. The van der Waals surface area contributed by atoms with Crippen LogP contribution >= 0.6 is 0 Å². The normalized spacial score (nSPS) is 22.0. The Hall–Kier alpha value is -1.02. The van der Waals surface area contributed by atoms with Crippen molar-refractivity contribution in [3.8, 4) is 0 Å². The predicted octanol–water partition coefficient (Wildman–Crippen LogP) is 2.75. The molecule has 0 aliphatic carbocycles. The second kappa shape index (κ2) is 5.35. The van der Waals surface area contributed by atoms with Crippen LogP contribution in [0.2, 0.25) is 0 Å². The molecule has 1 aliphatic heterocycles. The summed E-state index contributed by atoms with van der Waals surface area (Å²) in [5.41, 5.74) is 2.58. The first-order chi connectivity index (χ1) is 7.74. The van der Waals surface area contributed by atoms with Gasteiger partial charge in [-0.1, -0.05) is 12.1 Å². The third-order valence-electron chi connectivity index (χ3n) is 3.34. The van der Waals surface area contributed by atoms with E-state index in [2.05, 4.69) is 48.5 Å². The number of nitrogens with one attached hydrogen (secondary N) is 1. The van der Waals surface area contributed by atoms with Crippen LogP contribution in [0.5, 0.6) is 0 Å². The van der Waals surface area contributed by atoms with E-state index in [1.165, 1.54) is 37.2 Å². The van der Waals surface area contributed by atoms with Crippen LogP contribution in [-0.2, 0) is 0 Å². The second-order valence-corrected chi connectivity index (χ2v) is 5.02. The molecular weight excluding hydrogens is 196 g/mol. The Morgan fingerprint density at radius 3 is 3.06 bits per heavy atom. The fourth-order valence-electron chi connectivity index (χ4n) is 2.46. The topological polar surface area (TPSA) is 15.3 Å². The maximum atomic E-state index is 3.55. The zero-order valence-electron chi connectivity index (χ0n) is 10.4. The fraction of sp³-hybridized carbons (Fsp3) is 0.571. The van der Waals surface area contributed by atoms with Gasteiger partial charge in [-0.2, -0.15) is 0 Å². The largest absolute Gasteiger partial charge is 0.385 e. The van der Waals surface area contributed by atoms with E-state index in [4.69, 9.17) is 0 Å². The van der Waals surface area contributed by atoms with Crippen LogP contribution in [0.15, 0.2) is 24.3 Å². The number of aryl methyl sites for hydroxylation is 1. The van der Waals surface area contributed by atoms with Gasteiger partial charge in [0.2, 0.25) is 0 Å². The molecule has 0 saturated carbocycles. The van der Waals surface area contributed by atoms with Crippen LogP contribution in [0.3, 0.4) is 0 Å². The van der Waals surface area contributed by atoms with Crippen LogP contribution in [0.4, 0.5) is 5.69 Å². The van der Waals surface area contributed by atoms with E-state index in [9.17, 15) is 0 Å². The minimum absolute atomic E-state index is 0.805. The predicted molar refractivity (Wildman–Crippen MR) is 69.9 cm³/mol. The lowest BCUT2D eigenvalue weighted by Crippen LogP contribution is -2.35. The standard InChI is InChI=1S/C14H22N2/c1-12-5-3-7-14(9-12)15-10-13-6-4-8-16(2)11-13/h3,5,7,9,13,15H,4,6,8,10-11H2,1-2H3. The third kappa shape index (κ3) is 3.24. The molecule has 88 valence electrons. The molecule has 1 N–H and O–H groups in total. The highest BCUT2D eigenvalue weighted by Crippen LogP contribution is 2.16. The van der Waals surface area contributed by atoms with Crippen molar-refractivity contribution in [1.29, 1.82) is 0 Å². The molecule has 0 bridgehead atoms. The molecular formula is C14H22N2. The Bertz CT molecular complexity index is 335. The molecule has 1 aromatic rings. The average molecular weight is 218 g/mol. The van der Waals surface area contributed by atoms with Gasteiger partial charge in [0, 0.05) is 18.8 Å². The Kier molecular flexibility index (Phi) is 3.83. The summed E-state index contributed by atoms with van der Waals surface area (Å²) in [5.74, 6) is 0.805. The number of likely N-dealkylation sites (tertiary alicyclic amines) is 1. The van der Waals surface area contributed by atoms with Crippen molar-refractivity contribution in [2.45, 2.75) is 19.8 Å². The summed E-state index contributed by atoms with van der Waals surface area (Å²) in [6, 6.07) is 8.62. The Morgan fingerprint density at radius 2 is 2.31 bits per heavy atom. The molecule has 2 heteroatoms. The fourth-order valence-corrected chi connectivity index (χ4v) is 2.46. The van der Waals surface area contributed by atoms with E-state index < -0.39 is 0 Å².